The molecule has 7 heteroatoms. The summed E-state index contributed by atoms with van der Waals surface area (Å²) in [6.45, 7) is 0. The van der Waals surface area contributed by atoms with Gasteiger partial charge < -0.3 is 16.4 Å². The number of anilines is 1. The second kappa shape index (κ2) is 9.02. The molecular formula is C15H22ClN3O2S. The topological polar surface area (TPSA) is 84.2 Å². The van der Waals surface area contributed by atoms with Crippen molar-refractivity contribution in [3.05, 3.63) is 29.8 Å². The maximum Gasteiger partial charge on any atom is 0.251 e. The van der Waals surface area contributed by atoms with Crippen LogP contribution in [-0.4, -0.2) is 35.9 Å². The van der Waals surface area contributed by atoms with E-state index in [2.05, 4.69) is 10.6 Å². The van der Waals surface area contributed by atoms with Crippen molar-refractivity contribution in [2.24, 2.45) is 5.73 Å². The quantitative estimate of drug-likeness (QED) is 0.707. The van der Waals surface area contributed by atoms with E-state index in [-0.39, 0.29) is 24.2 Å². The molecule has 0 spiro atoms. The predicted octanol–water partition coefficient (Wildman–Crippen LogP) is 2.02. The second-order valence-electron chi connectivity index (χ2n) is 5.21. The van der Waals surface area contributed by atoms with Crippen LogP contribution in [0.1, 0.15) is 29.6 Å². The predicted molar refractivity (Wildman–Crippen MR) is 93.8 cm³/mol. The molecule has 0 aliphatic heterocycles. The van der Waals surface area contributed by atoms with Gasteiger partial charge in [0, 0.05) is 17.3 Å². The van der Waals surface area contributed by atoms with Crippen LogP contribution in [0.4, 0.5) is 5.69 Å². The van der Waals surface area contributed by atoms with Gasteiger partial charge in [-0.15, -0.1) is 12.4 Å². The van der Waals surface area contributed by atoms with Crippen LogP contribution in [0.2, 0.25) is 0 Å². The van der Waals surface area contributed by atoms with Crippen LogP contribution < -0.4 is 16.4 Å². The number of halogens is 1. The van der Waals surface area contributed by atoms with Crippen LogP contribution in [0.5, 0.6) is 0 Å². The van der Waals surface area contributed by atoms with Gasteiger partial charge >= 0.3 is 0 Å². The van der Waals surface area contributed by atoms with Crippen LogP contribution in [0.15, 0.2) is 24.3 Å². The Morgan fingerprint density at radius 1 is 1.41 bits per heavy atom. The SMILES string of the molecule is CSCC[C@H](N)C(=O)Nc1cccc(C(=O)NC2CC2)c1.Cl. The molecule has 0 aromatic heterocycles. The average molecular weight is 344 g/mol. The molecule has 1 fully saturated rings. The molecule has 2 amide bonds. The Morgan fingerprint density at radius 3 is 2.77 bits per heavy atom. The number of rotatable bonds is 7. The van der Waals surface area contributed by atoms with Crippen molar-refractivity contribution in [3.63, 3.8) is 0 Å². The lowest BCUT2D eigenvalue weighted by Gasteiger charge is -2.12. The third-order valence-electron chi connectivity index (χ3n) is 3.27. The van der Waals surface area contributed by atoms with Crippen molar-refractivity contribution in [1.29, 1.82) is 0 Å². The molecule has 1 atom stereocenters. The van der Waals surface area contributed by atoms with E-state index in [0.717, 1.165) is 18.6 Å². The number of nitrogens with two attached hydrogens (primary N) is 1. The first-order valence-corrected chi connectivity index (χ1v) is 8.46. The smallest absolute Gasteiger partial charge is 0.251 e. The third kappa shape index (κ3) is 5.87. The van der Waals surface area contributed by atoms with E-state index in [1.165, 1.54) is 0 Å². The van der Waals surface area contributed by atoms with E-state index in [9.17, 15) is 9.59 Å². The number of hydrogen-bond acceptors (Lipinski definition) is 4. The monoisotopic (exact) mass is 343 g/mol. The van der Waals surface area contributed by atoms with Gasteiger partial charge in [0.2, 0.25) is 5.91 Å². The average Bonchev–Trinajstić information content (AvgIpc) is 3.28. The highest BCUT2D eigenvalue weighted by molar-refractivity contribution is 7.98. The molecule has 1 aliphatic rings. The number of nitrogens with one attached hydrogen (secondary N) is 2. The number of thioether (sulfide) groups is 1. The minimum atomic E-state index is -0.526. The molecule has 2 rings (SSSR count). The normalized spacial score (nSPS) is 14.6. The highest BCUT2D eigenvalue weighted by Gasteiger charge is 2.23. The lowest BCUT2D eigenvalue weighted by atomic mass is 10.1. The van der Waals surface area contributed by atoms with E-state index in [1.54, 1.807) is 36.0 Å². The van der Waals surface area contributed by atoms with Gasteiger partial charge in [0.15, 0.2) is 0 Å². The van der Waals surface area contributed by atoms with E-state index < -0.39 is 6.04 Å². The summed E-state index contributed by atoms with van der Waals surface area (Å²) in [4.78, 5) is 23.9. The summed E-state index contributed by atoms with van der Waals surface area (Å²) in [5.74, 6) is 0.530. The van der Waals surface area contributed by atoms with Crippen molar-refractivity contribution in [3.8, 4) is 0 Å². The lowest BCUT2D eigenvalue weighted by molar-refractivity contribution is -0.117. The number of amides is 2. The summed E-state index contributed by atoms with van der Waals surface area (Å²) in [6, 6.07) is 6.72. The Bertz CT molecular complexity index is 523. The second-order valence-corrected chi connectivity index (χ2v) is 6.19. The van der Waals surface area contributed by atoms with E-state index in [1.807, 2.05) is 6.26 Å². The van der Waals surface area contributed by atoms with Crippen LogP contribution in [0.25, 0.3) is 0 Å². The zero-order chi connectivity index (χ0) is 15.2. The zero-order valence-corrected chi connectivity index (χ0v) is 14.1. The molecule has 1 saturated carbocycles. The summed E-state index contributed by atoms with van der Waals surface area (Å²) >= 11 is 1.66. The Labute approximate surface area is 141 Å². The fraction of sp³-hybridized carbons (Fsp3) is 0.467. The molecule has 122 valence electrons. The summed E-state index contributed by atoms with van der Waals surface area (Å²) in [5, 5.41) is 5.68. The van der Waals surface area contributed by atoms with Crippen LogP contribution in [-0.2, 0) is 4.79 Å². The molecule has 0 saturated heterocycles. The van der Waals surface area contributed by atoms with Crippen molar-refractivity contribution in [2.75, 3.05) is 17.3 Å². The molecule has 22 heavy (non-hydrogen) atoms. The summed E-state index contributed by atoms with van der Waals surface area (Å²) in [5.41, 5.74) is 6.97. The van der Waals surface area contributed by atoms with Gasteiger partial charge in [-0.25, -0.2) is 0 Å². The van der Waals surface area contributed by atoms with Gasteiger partial charge in [-0.3, -0.25) is 9.59 Å². The Morgan fingerprint density at radius 2 is 2.14 bits per heavy atom. The summed E-state index contributed by atoms with van der Waals surface area (Å²) < 4.78 is 0. The lowest BCUT2D eigenvalue weighted by Crippen LogP contribution is -2.36. The molecular weight excluding hydrogens is 322 g/mol. The first kappa shape index (κ1) is 18.8. The molecule has 1 aliphatic carbocycles. The molecule has 1 aromatic rings. The standard InChI is InChI=1S/C15H21N3O2S.ClH/c1-21-8-7-13(16)15(20)18-12-4-2-3-10(9-12)14(19)17-11-5-6-11;/h2-4,9,11,13H,5-8,16H2,1H3,(H,17,19)(H,18,20);1H/t13-;/m0./s1. The largest absolute Gasteiger partial charge is 0.349 e. The third-order valence-corrected chi connectivity index (χ3v) is 3.92. The molecule has 0 bridgehead atoms. The molecule has 0 unspecified atom stereocenters. The zero-order valence-electron chi connectivity index (χ0n) is 12.5. The number of carbonyl (C=O) groups is 2. The van der Waals surface area contributed by atoms with E-state index in [0.29, 0.717) is 23.7 Å². The fourth-order valence-corrected chi connectivity index (χ4v) is 2.34. The minimum absolute atomic E-state index is 0. The molecule has 5 nitrogen and oxygen atoms in total. The van der Waals surface area contributed by atoms with Gasteiger partial charge in [-0.05, 0) is 49.5 Å². The van der Waals surface area contributed by atoms with Gasteiger partial charge in [-0.1, -0.05) is 6.07 Å². The van der Waals surface area contributed by atoms with E-state index >= 15 is 0 Å². The Balaban J connectivity index is 0.00000242. The number of hydrogen-bond donors (Lipinski definition) is 3. The van der Waals surface area contributed by atoms with Crippen molar-refractivity contribution in [1.82, 2.24) is 5.32 Å². The van der Waals surface area contributed by atoms with Crippen molar-refractivity contribution < 1.29 is 9.59 Å². The van der Waals surface area contributed by atoms with Crippen LogP contribution in [0, 0.1) is 0 Å². The fourth-order valence-electron chi connectivity index (χ4n) is 1.85. The van der Waals surface area contributed by atoms with Gasteiger partial charge in [0.1, 0.15) is 0 Å². The summed E-state index contributed by atoms with van der Waals surface area (Å²) in [7, 11) is 0. The minimum Gasteiger partial charge on any atom is -0.349 e. The van der Waals surface area contributed by atoms with Crippen molar-refractivity contribution in [2.45, 2.75) is 31.3 Å². The number of carbonyl (C=O) groups excluding carboxylic acids is 2. The highest BCUT2D eigenvalue weighted by atomic mass is 35.5. The van der Waals surface area contributed by atoms with Crippen molar-refractivity contribution >= 4 is 41.7 Å². The molecule has 4 N–H and O–H groups in total. The van der Waals surface area contributed by atoms with Gasteiger partial charge in [0.05, 0.1) is 6.04 Å². The van der Waals surface area contributed by atoms with Crippen LogP contribution >= 0.6 is 24.2 Å². The van der Waals surface area contributed by atoms with Crippen LogP contribution in [0.3, 0.4) is 0 Å². The Kier molecular flexibility index (Phi) is 7.72. The van der Waals surface area contributed by atoms with Gasteiger partial charge in [0.25, 0.3) is 5.91 Å². The number of benzene rings is 1. The maximum absolute atomic E-state index is 12.0. The first-order valence-electron chi connectivity index (χ1n) is 7.06. The molecule has 0 radical (unpaired) electrons. The highest BCUT2D eigenvalue weighted by Crippen LogP contribution is 2.20. The first-order chi connectivity index (χ1) is 10.1. The van der Waals surface area contributed by atoms with Gasteiger partial charge in [-0.2, -0.15) is 11.8 Å². The molecule has 0 heterocycles. The Hall–Kier alpha value is -1.24. The van der Waals surface area contributed by atoms with E-state index in [4.69, 9.17) is 5.73 Å². The summed E-state index contributed by atoms with van der Waals surface area (Å²) in [6.07, 6.45) is 4.71. The maximum atomic E-state index is 12.0. The molecule has 1 aromatic carbocycles.